The summed E-state index contributed by atoms with van der Waals surface area (Å²) in [7, 11) is 1.63. The highest BCUT2D eigenvalue weighted by molar-refractivity contribution is 6.30. The second-order valence-corrected chi connectivity index (χ2v) is 8.19. The molecule has 7 heteroatoms. The van der Waals surface area contributed by atoms with E-state index in [2.05, 4.69) is 5.10 Å². The Morgan fingerprint density at radius 1 is 1.26 bits per heavy atom. The Hall–Kier alpha value is -2.21. The number of benzene rings is 1. The fraction of sp³-hybridized carbons (Fsp3) is 0.500. The first-order valence-electron chi connectivity index (χ1n) is 9.13. The molecular weight excluding hydrogens is 366 g/mol. The van der Waals surface area contributed by atoms with Gasteiger partial charge in [0, 0.05) is 35.4 Å². The first-order valence-corrected chi connectivity index (χ1v) is 9.50. The van der Waals surface area contributed by atoms with E-state index in [1.165, 1.54) is 0 Å². The van der Waals surface area contributed by atoms with Gasteiger partial charge in [0.1, 0.15) is 11.4 Å². The molecule has 3 rings (SSSR count). The molecule has 2 heterocycles. The monoisotopic (exact) mass is 391 g/mol. The summed E-state index contributed by atoms with van der Waals surface area (Å²) in [6, 6.07) is 5.84. The van der Waals surface area contributed by atoms with Crippen LogP contribution in [0.25, 0.3) is 11.1 Å². The maximum absolute atomic E-state index is 12.2. The van der Waals surface area contributed by atoms with Crippen LogP contribution < -0.4 is 4.74 Å². The SMILES string of the molecule is COc1cc(Cl)ccc1-c1cnn(C2CCN(C(=O)OC(C)(C)C)CC2)c1. The highest BCUT2D eigenvalue weighted by Gasteiger charge is 2.28. The van der Waals surface area contributed by atoms with Crippen LogP contribution in [0.4, 0.5) is 4.79 Å². The zero-order valence-electron chi connectivity index (χ0n) is 16.2. The Morgan fingerprint density at radius 3 is 2.59 bits per heavy atom. The molecule has 0 saturated carbocycles. The number of ether oxygens (including phenoxy) is 2. The average Bonchev–Trinajstić information content (AvgIpc) is 3.10. The maximum Gasteiger partial charge on any atom is 0.410 e. The second-order valence-electron chi connectivity index (χ2n) is 7.75. The fourth-order valence-electron chi connectivity index (χ4n) is 3.22. The van der Waals surface area contributed by atoms with Crippen molar-refractivity contribution in [3.8, 4) is 16.9 Å². The molecule has 1 aliphatic heterocycles. The molecule has 0 unspecified atom stereocenters. The lowest BCUT2D eigenvalue weighted by Gasteiger charge is -2.33. The molecule has 0 radical (unpaired) electrons. The third-order valence-electron chi connectivity index (χ3n) is 4.57. The zero-order chi connectivity index (χ0) is 19.6. The Balaban J connectivity index is 1.66. The topological polar surface area (TPSA) is 56.6 Å². The molecule has 27 heavy (non-hydrogen) atoms. The molecule has 0 atom stereocenters. The lowest BCUT2D eigenvalue weighted by Crippen LogP contribution is -2.42. The predicted molar refractivity (Wildman–Crippen MR) is 105 cm³/mol. The van der Waals surface area contributed by atoms with Crippen molar-refractivity contribution in [1.82, 2.24) is 14.7 Å². The fourth-order valence-corrected chi connectivity index (χ4v) is 3.38. The number of methoxy groups -OCH3 is 1. The van der Waals surface area contributed by atoms with E-state index in [1.54, 1.807) is 18.1 Å². The number of hydrogen-bond acceptors (Lipinski definition) is 4. The number of amides is 1. The molecule has 1 amide bonds. The Kier molecular flexibility index (Phi) is 5.65. The summed E-state index contributed by atoms with van der Waals surface area (Å²) in [6.07, 6.45) is 5.31. The van der Waals surface area contributed by atoms with Gasteiger partial charge in [-0.05, 0) is 51.8 Å². The van der Waals surface area contributed by atoms with Gasteiger partial charge >= 0.3 is 6.09 Å². The van der Waals surface area contributed by atoms with Gasteiger partial charge < -0.3 is 14.4 Å². The molecule has 6 nitrogen and oxygen atoms in total. The van der Waals surface area contributed by atoms with E-state index >= 15 is 0 Å². The van der Waals surface area contributed by atoms with Crippen LogP contribution >= 0.6 is 11.6 Å². The number of nitrogens with zero attached hydrogens (tertiary/aromatic N) is 3. The Bertz CT molecular complexity index is 805. The van der Waals surface area contributed by atoms with E-state index in [0.717, 1.165) is 29.7 Å². The molecule has 0 bridgehead atoms. The molecule has 1 aliphatic rings. The van der Waals surface area contributed by atoms with Gasteiger partial charge in [-0.3, -0.25) is 4.68 Å². The number of hydrogen-bond donors (Lipinski definition) is 0. The standard InChI is InChI=1S/C20H26ClN3O3/c1-20(2,3)27-19(25)23-9-7-16(8-10-23)24-13-14(12-22-24)17-6-5-15(21)11-18(17)26-4/h5-6,11-13,16H,7-10H2,1-4H3. The number of aromatic nitrogens is 2. The van der Waals surface area contributed by atoms with E-state index in [0.29, 0.717) is 18.1 Å². The number of carbonyl (C=O) groups excluding carboxylic acids is 1. The van der Waals surface area contributed by atoms with Crippen molar-refractivity contribution < 1.29 is 14.3 Å². The van der Waals surface area contributed by atoms with Crippen LogP contribution in [0.15, 0.2) is 30.6 Å². The van der Waals surface area contributed by atoms with Gasteiger partial charge in [0.15, 0.2) is 0 Å². The van der Waals surface area contributed by atoms with Crippen molar-refractivity contribution in [2.75, 3.05) is 20.2 Å². The van der Waals surface area contributed by atoms with Crippen molar-refractivity contribution in [3.05, 3.63) is 35.6 Å². The molecule has 2 aromatic rings. The number of rotatable bonds is 3. The first kappa shape index (κ1) is 19.5. The third-order valence-corrected chi connectivity index (χ3v) is 4.80. The van der Waals surface area contributed by atoms with E-state index < -0.39 is 5.60 Å². The highest BCUT2D eigenvalue weighted by atomic mass is 35.5. The van der Waals surface area contributed by atoms with Crippen LogP contribution in [0.3, 0.4) is 0 Å². The van der Waals surface area contributed by atoms with E-state index in [1.807, 2.05) is 50.0 Å². The zero-order valence-corrected chi connectivity index (χ0v) is 17.0. The van der Waals surface area contributed by atoms with Crippen molar-refractivity contribution >= 4 is 17.7 Å². The minimum absolute atomic E-state index is 0.243. The summed E-state index contributed by atoms with van der Waals surface area (Å²) in [4.78, 5) is 14.0. The summed E-state index contributed by atoms with van der Waals surface area (Å²) in [5.74, 6) is 0.724. The molecule has 0 spiro atoms. The molecule has 1 saturated heterocycles. The molecule has 0 aliphatic carbocycles. The minimum atomic E-state index is -0.470. The van der Waals surface area contributed by atoms with Gasteiger partial charge in [-0.2, -0.15) is 5.10 Å². The smallest absolute Gasteiger partial charge is 0.410 e. The second kappa shape index (κ2) is 7.80. The lowest BCUT2D eigenvalue weighted by atomic mass is 10.1. The van der Waals surface area contributed by atoms with Gasteiger partial charge in [0.2, 0.25) is 0 Å². The van der Waals surface area contributed by atoms with Crippen LogP contribution in [0.2, 0.25) is 5.02 Å². The van der Waals surface area contributed by atoms with Crippen molar-refractivity contribution in [3.63, 3.8) is 0 Å². The molecule has 0 N–H and O–H groups in total. The van der Waals surface area contributed by atoms with Crippen LogP contribution in [-0.2, 0) is 4.74 Å². The molecule has 1 fully saturated rings. The lowest BCUT2D eigenvalue weighted by molar-refractivity contribution is 0.0185. The summed E-state index contributed by atoms with van der Waals surface area (Å²) in [5.41, 5.74) is 1.47. The number of likely N-dealkylation sites (tertiary alicyclic amines) is 1. The van der Waals surface area contributed by atoms with E-state index in [-0.39, 0.29) is 12.1 Å². The third kappa shape index (κ3) is 4.75. The minimum Gasteiger partial charge on any atom is -0.496 e. The van der Waals surface area contributed by atoms with Crippen LogP contribution in [0.1, 0.15) is 39.7 Å². The number of carbonyl (C=O) groups is 1. The van der Waals surface area contributed by atoms with Gasteiger partial charge in [-0.1, -0.05) is 11.6 Å². The van der Waals surface area contributed by atoms with Gasteiger partial charge in [-0.15, -0.1) is 0 Å². The average molecular weight is 392 g/mol. The molecule has 146 valence electrons. The van der Waals surface area contributed by atoms with Crippen LogP contribution in [0.5, 0.6) is 5.75 Å². The molecule has 1 aromatic heterocycles. The van der Waals surface area contributed by atoms with Gasteiger partial charge in [-0.25, -0.2) is 4.79 Å². The van der Waals surface area contributed by atoms with Crippen LogP contribution in [-0.4, -0.2) is 46.6 Å². The summed E-state index contributed by atoms with van der Waals surface area (Å²) >= 11 is 6.05. The summed E-state index contributed by atoms with van der Waals surface area (Å²) in [5, 5.41) is 5.17. The quantitative estimate of drug-likeness (QED) is 0.755. The van der Waals surface area contributed by atoms with E-state index in [9.17, 15) is 4.79 Å². The summed E-state index contributed by atoms with van der Waals surface area (Å²) in [6.45, 7) is 6.98. The number of halogens is 1. The van der Waals surface area contributed by atoms with Gasteiger partial charge in [0.25, 0.3) is 0 Å². The first-order chi connectivity index (χ1) is 12.8. The Labute approximate surface area is 165 Å². The largest absolute Gasteiger partial charge is 0.496 e. The number of piperidine rings is 1. The van der Waals surface area contributed by atoms with Crippen LogP contribution in [0, 0.1) is 0 Å². The Morgan fingerprint density at radius 2 is 1.96 bits per heavy atom. The molecule has 1 aromatic carbocycles. The van der Waals surface area contributed by atoms with Crippen molar-refractivity contribution in [2.24, 2.45) is 0 Å². The highest BCUT2D eigenvalue weighted by Crippen LogP contribution is 2.33. The van der Waals surface area contributed by atoms with E-state index in [4.69, 9.17) is 21.1 Å². The molecular formula is C20H26ClN3O3. The summed E-state index contributed by atoms with van der Waals surface area (Å²) < 4.78 is 12.9. The normalized spacial score (nSPS) is 15.7. The predicted octanol–water partition coefficient (Wildman–Crippen LogP) is 4.78. The van der Waals surface area contributed by atoms with Crippen molar-refractivity contribution in [2.45, 2.75) is 45.3 Å². The van der Waals surface area contributed by atoms with Gasteiger partial charge in [0.05, 0.1) is 19.3 Å². The van der Waals surface area contributed by atoms with Crippen molar-refractivity contribution in [1.29, 1.82) is 0 Å². The maximum atomic E-state index is 12.2.